The maximum Gasteiger partial charge on any atom is 0.121 e. The molecule has 1 saturated carbocycles. The molecule has 0 amide bonds. The Hall–Kier alpha value is -1.13. The van der Waals surface area contributed by atoms with Crippen molar-refractivity contribution < 1.29 is 5.82 Å². The van der Waals surface area contributed by atoms with Crippen LogP contribution in [0.25, 0.3) is 0 Å². The van der Waals surface area contributed by atoms with Crippen LogP contribution >= 0.6 is 0 Å². The highest BCUT2D eigenvalue weighted by molar-refractivity contribution is 5.24. The molecule has 0 aromatic carbocycles. The molecule has 1 unspecified atom stereocenters. The van der Waals surface area contributed by atoms with Crippen molar-refractivity contribution in [2.45, 2.75) is 25.7 Å². The van der Waals surface area contributed by atoms with E-state index in [0.29, 0.717) is 12.3 Å². The van der Waals surface area contributed by atoms with Gasteiger partial charge >= 0.3 is 0 Å². The quantitative estimate of drug-likeness (QED) is 0.648. The first-order valence-electron chi connectivity index (χ1n) is 5.92. The van der Waals surface area contributed by atoms with Crippen molar-refractivity contribution in [1.29, 1.82) is 0 Å². The van der Waals surface area contributed by atoms with Gasteiger partial charge in [-0.15, -0.1) is 0 Å². The van der Waals surface area contributed by atoms with E-state index in [1.165, 1.54) is 24.6 Å². The Balaban J connectivity index is 0.00000144. The van der Waals surface area contributed by atoms with Crippen LogP contribution in [0.1, 0.15) is 27.1 Å². The molecule has 0 spiro atoms. The fourth-order valence-electron chi connectivity index (χ4n) is 2.17. The standard InChI is InChI=1S/C13H19FN2.H3N.H2/c1-15-16-9-13(14)8-10-3-2-4-12(7-10)11-5-6-11;;/h2-4,9,11-12,15-16H,5-8H2,1H3;1H3;1H/b13-9+;;. The third-order valence-corrected chi connectivity index (χ3v) is 3.18. The number of hydrogen-bond donors (Lipinski definition) is 3. The fraction of sp³-hybridized carbons (Fsp3) is 0.538. The van der Waals surface area contributed by atoms with E-state index in [2.05, 4.69) is 23.0 Å². The number of hydrogen-bond acceptors (Lipinski definition) is 3. The molecule has 0 radical (unpaired) electrons. The summed E-state index contributed by atoms with van der Waals surface area (Å²) in [6.07, 6.45) is 11.9. The Bertz CT molecular complexity index is 335. The topological polar surface area (TPSA) is 59.1 Å². The van der Waals surface area contributed by atoms with Crippen molar-refractivity contribution in [3.8, 4) is 0 Å². The van der Waals surface area contributed by atoms with Gasteiger partial charge in [-0.05, 0) is 31.1 Å². The number of allylic oxidation sites excluding steroid dienone is 5. The summed E-state index contributed by atoms with van der Waals surface area (Å²) in [6, 6.07) is 0. The minimum Gasteiger partial charge on any atom is -0.344 e. The second-order valence-corrected chi connectivity index (χ2v) is 4.58. The van der Waals surface area contributed by atoms with Crippen LogP contribution < -0.4 is 17.0 Å². The van der Waals surface area contributed by atoms with Crippen LogP contribution in [-0.4, -0.2) is 7.05 Å². The minimum absolute atomic E-state index is 0. The van der Waals surface area contributed by atoms with E-state index in [1.807, 2.05) is 6.08 Å². The normalized spacial score (nSPS) is 24.0. The molecule has 3 nitrogen and oxygen atoms in total. The second-order valence-electron chi connectivity index (χ2n) is 4.58. The highest BCUT2D eigenvalue weighted by Crippen LogP contribution is 2.42. The van der Waals surface area contributed by atoms with Crippen molar-refractivity contribution in [3.63, 3.8) is 0 Å². The van der Waals surface area contributed by atoms with E-state index in [0.717, 1.165) is 12.3 Å². The minimum atomic E-state index is -0.120. The van der Waals surface area contributed by atoms with Gasteiger partial charge in [0.1, 0.15) is 5.83 Å². The van der Waals surface area contributed by atoms with E-state index in [-0.39, 0.29) is 13.4 Å². The lowest BCUT2D eigenvalue weighted by molar-refractivity contribution is 0.530. The molecule has 0 aromatic heterocycles. The van der Waals surface area contributed by atoms with E-state index in [1.54, 1.807) is 7.05 Å². The average molecular weight is 241 g/mol. The van der Waals surface area contributed by atoms with Crippen LogP contribution in [0, 0.1) is 11.8 Å². The molecule has 0 bridgehead atoms. The van der Waals surface area contributed by atoms with Gasteiger partial charge in [-0.3, -0.25) is 0 Å². The van der Waals surface area contributed by atoms with Crippen LogP contribution in [0.15, 0.2) is 35.8 Å². The molecule has 1 fully saturated rings. The molecule has 98 valence electrons. The zero-order valence-electron chi connectivity index (χ0n) is 10.4. The molecule has 0 aromatic rings. The van der Waals surface area contributed by atoms with E-state index >= 15 is 0 Å². The van der Waals surface area contributed by atoms with Gasteiger partial charge in [-0.1, -0.05) is 23.8 Å². The highest BCUT2D eigenvalue weighted by Gasteiger charge is 2.30. The predicted molar refractivity (Wildman–Crippen MR) is 71.2 cm³/mol. The van der Waals surface area contributed by atoms with Gasteiger partial charge in [-0.25, -0.2) is 9.82 Å². The number of hydrazine groups is 1. The summed E-state index contributed by atoms with van der Waals surface area (Å²) >= 11 is 0. The van der Waals surface area contributed by atoms with Crippen LogP contribution in [-0.2, 0) is 0 Å². The summed E-state index contributed by atoms with van der Waals surface area (Å²) in [4.78, 5) is 0. The van der Waals surface area contributed by atoms with Gasteiger partial charge in [0.15, 0.2) is 0 Å². The Kier molecular flexibility index (Phi) is 5.38. The van der Waals surface area contributed by atoms with Crippen molar-refractivity contribution in [2.24, 2.45) is 11.8 Å². The lowest BCUT2D eigenvalue weighted by Crippen LogP contribution is -2.21. The second kappa shape index (κ2) is 6.57. The lowest BCUT2D eigenvalue weighted by Gasteiger charge is -2.17. The zero-order chi connectivity index (χ0) is 11.4. The van der Waals surface area contributed by atoms with Crippen molar-refractivity contribution in [2.75, 3.05) is 7.05 Å². The summed E-state index contributed by atoms with van der Waals surface area (Å²) in [5.74, 6) is 1.40. The third kappa shape index (κ3) is 4.32. The summed E-state index contributed by atoms with van der Waals surface area (Å²) in [5, 5.41) is 0. The van der Waals surface area contributed by atoms with Gasteiger partial charge in [0.2, 0.25) is 0 Å². The predicted octanol–water partition coefficient (Wildman–Crippen LogP) is 3.23. The smallest absolute Gasteiger partial charge is 0.121 e. The summed E-state index contributed by atoms with van der Waals surface area (Å²) in [7, 11) is 1.72. The van der Waals surface area contributed by atoms with Crippen LogP contribution in [0.5, 0.6) is 0 Å². The highest BCUT2D eigenvalue weighted by atomic mass is 19.1. The van der Waals surface area contributed by atoms with Gasteiger partial charge in [0.25, 0.3) is 0 Å². The van der Waals surface area contributed by atoms with Gasteiger partial charge in [0.05, 0.1) is 0 Å². The Labute approximate surface area is 104 Å². The Morgan fingerprint density at radius 3 is 3.00 bits per heavy atom. The molecule has 0 heterocycles. The molecule has 1 atom stereocenters. The van der Waals surface area contributed by atoms with Crippen LogP contribution in [0.2, 0.25) is 0 Å². The van der Waals surface area contributed by atoms with E-state index in [4.69, 9.17) is 0 Å². The third-order valence-electron chi connectivity index (χ3n) is 3.18. The Morgan fingerprint density at radius 1 is 1.59 bits per heavy atom. The van der Waals surface area contributed by atoms with Gasteiger partial charge in [0, 0.05) is 21.1 Å². The van der Waals surface area contributed by atoms with Crippen molar-refractivity contribution in [1.82, 2.24) is 17.0 Å². The Morgan fingerprint density at radius 2 is 2.35 bits per heavy atom. The van der Waals surface area contributed by atoms with E-state index < -0.39 is 0 Å². The molecule has 0 saturated heterocycles. The lowest BCUT2D eigenvalue weighted by atomic mass is 9.89. The number of rotatable bonds is 5. The molecule has 2 aliphatic rings. The molecular weight excluding hydrogens is 217 g/mol. The summed E-state index contributed by atoms with van der Waals surface area (Å²) < 4.78 is 13.4. The molecular formula is C13H24FN3. The van der Waals surface area contributed by atoms with Crippen molar-refractivity contribution >= 4 is 0 Å². The average Bonchev–Trinajstić information content (AvgIpc) is 3.10. The van der Waals surface area contributed by atoms with Crippen LogP contribution in [0.3, 0.4) is 0 Å². The largest absolute Gasteiger partial charge is 0.344 e. The first kappa shape index (κ1) is 13.9. The SMILES string of the molecule is CNN/C=C(/F)CC1=CC=CC(C2CC2)C1.N.[HH]. The first-order chi connectivity index (χ1) is 7.79. The molecule has 2 rings (SSSR count). The van der Waals surface area contributed by atoms with Gasteiger partial charge < -0.3 is 11.6 Å². The maximum absolute atomic E-state index is 13.4. The summed E-state index contributed by atoms with van der Waals surface area (Å²) in [5.41, 5.74) is 6.52. The van der Waals surface area contributed by atoms with Crippen LogP contribution in [0.4, 0.5) is 4.39 Å². The molecule has 0 aliphatic heterocycles. The number of halogens is 1. The van der Waals surface area contributed by atoms with Crippen molar-refractivity contribution in [3.05, 3.63) is 35.8 Å². The molecule has 2 aliphatic carbocycles. The monoisotopic (exact) mass is 241 g/mol. The maximum atomic E-state index is 13.4. The molecule has 4 heteroatoms. The van der Waals surface area contributed by atoms with E-state index in [9.17, 15) is 4.39 Å². The molecule has 5 N–H and O–H groups in total. The van der Waals surface area contributed by atoms with Gasteiger partial charge in [-0.2, -0.15) is 0 Å². The zero-order valence-corrected chi connectivity index (χ0v) is 10.4. The number of nitrogens with one attached hydrogen (secondary N) is 2. The summed E-state index contributed by atoms with van der Waals surface area (Å²) in [6.45, 7) is 0. The molecule has 17 heavy (non-hydrogen) atoms. The fourth-order valence-corrected chi connectivity index (χ4v) is 2.17. The first-order valence-corrected chi connectivity index (χ1v) is 5.92.